The lowest BCUT2D eigenvalue weighted by atomic mass is 9.93. The number of halogens is 2. The smallest absolute Gasteiger partial charge is 0.217 e. The normalized spacial score (nSPS) is 17.7. The second kappa shape index (κ2) is 10.2. The van der Waals surface area contributed by atoms with Crippen LogP contribution >= 0.6 is 0 Å². The molecule has 0 aromatic heterocycles. The Kier molecular flexibility index (Phi) is 7.62. The van der Waals surface area contributed by atoms with Crippen molar-refractivity contribution in [3.8, 4) is 0 Å². The molecule has 1 aliphatic heterocycles. The number of benzene rings is 2. The second-order valence-electron chi connectivity index (χ2n) is 8.27. The minimum Gasteiger partial charge on any atom is -0.390 e. The molecule has 168 valence electrons. The van der Waals surface area contributed by atoms with Crippen molar-refractivity contribution >= 4 is 11.6 Å². The predicted octanol–water partition coefficient (Wildman–Crippen LogP) is 3.11. The monoisotopic (exact) mass is 431 g/mol. The zero-order chi connectivity index (χ0) is 22.5. The highest BCUT2D eigenvalue weighted by Gasteiger charge is 2.26. The highest BCUT2D eigenvalue weighted by molar-refractivity contribution is 5.73. The number of nitrogens with zero attached hydrogens (tertiary/aromatic N) is 1. The molecule has 2 aromatic carbocycles. The van der Waals surface area contributed by atoms with Crippen LogP contribution in [0.1, 0.15) is 43.0 Å². The van der Waals surface area contributed by atoms with Gasteiger partial charge in [0.05, 0.1) is 12.1 Å². The number of nitrogens with one attached hydrogen (secondary N) is 2. The summed E-state index contributed by atoms with van der Waals surface area (Å²) < 4.78 is 27.1. The van der Waals surface area contributed by atoms with Crippen molar-refractivity contribution in [1.82, 2.24) is 10.6 Å². The molecule has 0 aliphatic carbocycles. The highest BCUT2D eigenvalue weighted by Crippen LogP contribution is 2.33. The number of aliphatic hydroxyl groups excluding tert-OH is 1. The van der Waals surface area contributed by atoms with Crippen molar-refractivity contribution in [2.75, 3.05) is 25.0 Å². The van der Waals surface area contributed by atoms with Crippen LogP contribution in [-0.2, 0) is 17.6 Å². The SMILES string of the molecule is CCc1ccc2c(c1)[C@@H](NC[C@H](O)[C@H](Cc1cc(F)cc(F)c1)NC(C)=O)CCN2C. The maximum absolute atomic E-state index is 13.6. The summed E-state index contributed by atoms with van der Waals surface area (Å²) >= 11 is 0. The largest absolute Gasteiger partial charge is 0.390 e. The maximum Gasteiger partial charge on any atom is 0.217 e. The summed E-state index contributed by atoms with van der Waals surface area (Å²) in [5, 5.41) is 17.0. The van der Waals surface area contributed by atoms with E-state index in [9.17, 15) is 18.7 Å². The molecule has 1 heterocycles. The minimum absolute atomic E-state index is 0.0805. The van der Waals surface area contributed by atoms with E-state index in [4.69, 9.17) is 0 Å². The summed E-state index contributed by atoms with van der Waals surface area (Å²) in [6, 6.07) is 9.13. The Bertz CT molecular complexity index is 901. The molecule has 1 aliphatic rings. The van der Waals surface area contributed by atoms with Crippen molar-refractivity contribution in [3.63, 3.8) is 0 Å². The fourth-order valence-electron chi connectivity index (χ4n) is 4.19. The summed E-state index contributed by atoms with van der Waals surface area (Å²) in [4.78, 5) is 13.9. The second-order valence-corrected chi connectivity index (χ2v) is 8.27. The Morgan fingerprint density at radius 2 is 1.90 bits per heavy atom. The quantitative estimate of drug-likeness (QED) is 0.601. The Morgan fingerprint density at radius 1 is 1.19 bits per heavy atom. The van der Waals surface area contributed by atoms with Crippen LogP contribution < -0.4 is 15.5 Å². The standard InChI is InChI=1S/C24H31F2N3O2/c1-4-16-5-6-23-20(11-16)21(7-8-29(23)3)27-14-24(31)22(28-15(2)30)12-17-9-18(25)13-19(26)10-17/h5-6,9-11,13,21-22,24,27,31H,4,7-8,12,14H2,1-3H3,(H,28,30)/t21-,22-,24-/m0/s1. The number of aryl methyl sites for hydroxylation is 1. The lowest BCUT2D eigenvalue weighted by molar-refractivity contribution is -0.120. The van der Waals surface area contributed by atoms with Gasteiger partial charge in [0.1, 0.15) is 11.6 Å². The Morgan fingerprint density at radius 3 is 2.55 bits per heavy atom. The minimum atomic E-state index is -0.923. The van der Waals surface area contributed by atoms with Crippen LogP contribution in [0.25, 0.3) is 0 Å². The maximum atomic E-state index is 13.6. The predicted molar refractivity (Wildman–Crippen MR) is 118 cm³/mol. The molecule has 0 saturated heterocycles. The number of aliphatic hydroxyl groups is 1. The molecule has 0 bridgehead atoms. The van der Waals surface area contributed by atoms with Crippen molar-refractivity contribution in [1.29, 1.82) is 0 Å². The first-order chi connectivity index (χ1) is 14.8. The molecule has 2 aromatic rings. The zero-order valence-corrected chi connectivity index (χ0v) is 18.3. The van der Waals surface area contributed by atoms with Crippen LogP contribution in [0.2, 0.25) is 0 Å². The van der Waals surface area contributed by atoms with Crippen LogP contribution in [0.5, 0.6) is 0 Å². The van der Waals surface area contributed by atoms with Crippen molar-refractivity contribution < 1.29 is 18.7 Å². The van der Waals surface area contributed by atoms with E-state index < -0.39 is 23.8 Å². The molecule has 0 spiro atoms. The van der Waals surface area contributed by atoms with E-state index in [2.05, 4.69) is 47.7 Å². The molecule has 3 rings (SSSR count). The number of rotatable bonds is 8. The van der Waals surface area contributed by atoms with Gasteiger partial charge in [0.2, 0.25) is 5.91 Å². The van der Waals surface area contributed by atoms with Crippen molar-refractivity contribution in [2.45, 2.75) is 51.3 Å². The number of carbonyl (C=O) groups is 1. The summed E-state index contributed by atoms with van der Waals surface area (Å²) in [5.41, 5.74) is 4.01. The van der Waals surface area contributed by atoms with Gasteiger partial charge in [-0.3, -0.25) is 4.79 Å². The molecular weight excluding hydrogens is 400 g/mol. The van der Waals surface area contributed by atoms with E-state index in [1.165, 1.54) is 35.9 Å². The number of fused-ring (bicyclic) bond motifs is 1. The molecule has 0 saturated carbocycles. The van der Waals surface area contributed by atoms with Gasteiger partial charge in [-0.25, -0.2) is 8.78 Å². The topological polar surface area (TPSA) is 64.6 Å². The first-order valence-corrected chi connectivity index (χ1v) is 10.7. The third-order valence-electron chi connectivity index (χ3n) is 5.84. The average molecular weight is 432 g/mol. The average Bonchev–Trinajstić information content (AvgIpc) is 2.71. The summed E-state index contributed by atoms with van der Waals surface area (Å²) in [7, 11) is 2.07. The van der Waals surface area contributed by atoms with Crippen LogP contribution in [0.3, 0.4) is 0 Å². The number of hydrogen-bond donors (Lipinski definition) is 3. The van der Waals surface area contributed by atoms with Crippen LogP contribution in [-0.4, -0.2) is 43.3 Å². The fraction of sp³-hybridized carbons (Fsp3) is 0.458. The van der Waals surface area contributed by atoms with Gasteiger partial charge < -0.3 is 20.6 Å². The van der Waals surface area contributed by atoms with Gasteiger partial charge in [-0.1, -0.05) is 19.1 Å². The molecule has 5 nitrogen and oxygen atoms in total. The lowest BCUT2D eigenvalue weighted by Crippen LogP contribution is -2.49. The van der Waals surface area contributed by atoms with Gasteiger partial charge in [0.15, 0.2) is 0 Å². The Balaban J connectivity index is 1.71. The number of anilines is 1. The van der Waals surface area contributed by atoms with Gasteiger partial charge in [-0.05, 0) is 54.2 Å². The third-order valence-corrected chi connectivity index (χ3v) is 5.84. The van der Waals surface area contributed by atoms with Crippen LogP contribution in [0.15, 0.2) is 36.4 Å². The molecule has 1 amide bonds. The van der Waals surface area contributed by atoms with E-state index >= 15 is 0 Å². The number of hydrogen-bond acceptors (Lipinski definition) is 4. The third kappa shape index (κ3) is 6.02. The van der Waals surface area contributed by atoms with Gasteiger partial charge in [0.25, 0.3) is 0 Å². The van der Waals surface area contributed by atoms with Crippen molar-refractivity contribution in [3.05, 3.63) is 64.7 Å². The molecule has 0 radical (unpaired) electrons. The number of carbonyl (C=O) groups excluding carboxylic acids is 1. The van der Waals surface area contributed by atoms with Gasteiger partial charge in [0, 0.05) is 44.9 Å². The van der Waals surface area contributed by atoms with Crippen LogP contribution in [0.4, 0.5) is 14.5 Å². The Labute approximate surface area is 182 Å². The Hall–Kier alpha value is -2.51. The summed E-state index contributed by atoms with van der Waals surface area (Å²) in [5.74, 6) is -1.67. The first kappa shape index (κ1) is 23.2. The highest BCUT2D eigenvalue weighted by atomic mass is 19.1. The summed E-state index contributed by atoms with van der Waals surface area (Å²) in [6.07, 6.45) is 1.04. The first-order valence-electron chi connectivity index (χ1n) is 10.7. The van der Waals surface area contributed by atoms with Crippen LogP contribution in [0, 0.1) is 11.6 Å². The van der Waals surface area contributed by atoms with E-state index in [-0.39, 0.29) is 24.9 Å². The van der Waals surface area contributed by atoms with Crippen molar-refractivity contribution in [2.24, 2.45) is 0 Å². The van der Waals surface area contributed by atoms with Gasteiger partial charge in [-0.2, -0.15) is 0 Å². The number of amides is 1. The van der Waals surface area contributed by atoms with E-state index in [0.29, 0.717) is 5.56 Å². The molecule has 7 heteroatoms. The van der Waals surface area contributed by atoms with Gasteiger partial charge in [-0.15, -0.1) is 0 Å². The van der Waals surface area contributed by atoms with E-state index in [1.807, 2.05) is 0 Å². The molecule has 0 fully saturated rings. The fourth-order valence-corrected chi connectivity index (χ4v) is 4.19. The summed E-state index contributed by atoms with van der Waals surface area (Å²) in [6.45, 7) is 4.61. The molecule has 0 unspecified atom stereocenters. The molecule has 3 atom stereocenters. The lowest BCUT2D eigenvalue weighted by Gasteiger charge is -2.35. The van der Waals surface area contributed by atoms with E-state index in [1.54, 1.807) is 0 Å². The molecule has 3 N–H and O–H groups in total. The zero-order valence-electron chi connectivity index (χ0n) is 18.3. The van der Waals surface area contributed by atoms with Gasteiger partial charge >= 0.3 is 0 Å². The molecular formula is C24H31F2N3O2. The molecule has 31 heavy (non-hydrogen) atoms. The van der Waals surface area contributed by atoms with E-state index in [0.717, 1.165) is 25.5 Å².